The fourth-order valence-corrected chi connectivity index (χ4v) is 2.13. The Morgan fingerprint density at radius 3 is 3.00 bits per heavy atom. The smallest absolute Gasteiger partial charge is 0.248 e. The Labute approximate surface area is 102 Å². The Balaban J connectivity index is 1.74. The van der Waals surface area contributed by atoms with Crippen LogP contribution in [0.5, 0.6) is 0 Å². The standard InChI is InChI=1S/C10H14BrN3O2/c1-16-7-10(15)13-3-8(4-13)5-14-6-9(11)2-12-14/h2,6,8H,3-5,7H2,1H3. The fraction of sp³-hybridized carbons (Fsp3) is 0.600. The van der Waals surface area contributed by atoms with Gasteiger partial charge in [-0.15, -0.1) is 0 Å². The van der Waals surface area contributed by atoms with Crippen molar-refractivity contribution in [3.63, 3.8) is 0 Å². The molecule has 6 heteroatoms. The normalized spacial score (nSPS) is 16.2. The summed E-state index contributed by atoms with van der Waals surface area (Å²) in [6.45, 7) is 2.65. The molecular formula is C10H14BrN3O2. The average Bonchev–Trinajstić information content (AvgIpc) is 2.57. The highest BCUT2D eigenvalue weighted by molar-refractivity contribution is 9.10. The van der Waals surface area contributed by atoms with Gasteiger partial charge in [0.25, 0.3) is 0 Å². The van der Waals surface area contributed by atoms with Crippen molar-refractivity contribution in [2.75, 3.05) is 26.8 Å². The minimum absolute atomic E-state index is 0.0698. The molecule has 0 atom stereocenters. The number of carbonyl (C=O) groups excluding carboxylic acids is 1. The number of likely N-dealkylation sites (tertiary alicyclic amines) is 1. The number of halogens is 1. The summed E-state index contributed by atoms with van der Waals surface area (Å²) >= 11 is 3.35. The van der Waals surface area contributed by atoms with E-state index in [0.717, 1.165) is 24.1 Å². The van der Waals surface area contributed by atoms with Crippen LogP contribution < -0.4 is 0 Å². The van der Waals surface area contributed by atoms with Crippen molar-refractivity contribution in [3.8, 4) is 0 Å². The van der Waals surface area contributed by atoms with Gasteiger partial charge in [0.05, 0.1) is 10.7 Å². The molecule has 0 bridgehead atoms. The molecule has 1 amide bonds. The largest absolute Gasteiger partial charge is 0.375 e. The number of amides is 1. The summed E-state index contributed by atoms with van der Waals surface area (Å²) in [5.74, 6) is 0.577. The first kappa shape index (κ1) is 11.6. The molecule has 2 heterocycles. The van der Waals surface area contributed by atoms with Crippen molar-refractivity contribution in [2.45, 2.75) is 6.54 Å². The molecule has 0 aromatic carbocycles. The van der Waals surface area contributed by atoms with Crippen molar-refractivity contribution in [3.05, 3.63) is 16.9 Å². The van der Waals surface area contributed by atoms with Crippen molar-refractivity contribution < 1.29 is 9.53 Å². The molecule has 88 valence electrons. The molecule has 1 aromatic heterocycles. The summed E-state index contributed by atoms with van der Waals surface area (Å²) in [6, 6.07) is 0. The average molecular weight is 288 g/mol. The summed E-state index contributed by atoms with van der Waals surface area (Å²) in [6.07, 6.45) is 3.71. The molecule has 0 unspecified atom stereocenters. The summed E-state index contributed by atoms with van der Waals surface area (Å²) in [5.41, 5.74) is 0. The van der Waals surface area contributed by atoms with E-state index in [-0.39, 0.29) is 12.5 Å². The van der Waals surface area contributed by atoms with Gasteiger partial charge in [-0.05, 0) is 15.9 Å². The van der Waals surface area contributed by atoms with Gasteiger partial charge in [-0.1, -0.05) is 0 Å². The zero-order valence-corrected chi connectivity index (χ0v) is 10.7. The maximum atomic E-state index is 11.4. The molecule has 0 saturated carbocycles. The number of methoxy groups -OCH3 is 1. The summed E-state index contributed by atoms with van der Waals surface area (Å²) in [4.78, 5) is 13.2. The van der Waals surface area contributed by atoms with Crippen LogP contribution in [0.3, 0.4) is 0 Å². The van der Waals surface area contributed by atoms with E-state index >= 15 is 0 Å². The van der Waals surface area contributed by atoms with E-state index in [1.54, 1.807) is 6.20 Å². The Bertz CT molecular complexity index is 374. The van der Waals surface area contributed by atoms with Gasteiger partial charge in [0, 0.05) is 38.9 Å². The van der Waals surface area contributed by atoms with Gasteiger partial charge in [0.2, 0.25) is 5.91 Å². The SMILES string of the molecule is COCC(=O)N1CC(Cn2cc(Br)cn2)C1. The van der Waals surface area contributed by atoms with E-state index in [4.69, 9.17) is 4.74 Å². The second-order valence-electron chi connectivity index (χ2n) is 3.98. The first-order chi connectivity index (χ1) is 7.69. The third-order valence-electron chi connectivity index (χ3n) is 2.62. The van der Waals surface area contributed by atoms with Gasteiger partial charge >= 0.3 is 0 Å². The Morgan fingerprint density at radius 2 is 2.44 bits per heavy atom. The van der Waals surface area contributed by atoms with Gasteiger partial charge in [-0.25, -0.2) is 0 Å². The van der Waals surface area contributed by atoms with E-state index in [0.29, 0.717) is 5.92 Å². The van der Waals surface area contributed by atoms with Crippen LogP contribution in [-0.4, -0.2) is 47.4 Å². The molecule has 0 N–H and O–H groups in total. The highest BCUT2D eigenvalue weighted by Crippen LogP contribution is 2.18. The number of hydrogen-bond donors (Lipinski definition) is 0. The molecule has 0 radical (unpaired) electrons. The molecule has 16 heavy (non-hydrogen) atoms. The van der Waals surface area contributed by atoms with Crippen molar-refractivity contribution in [1.29, 1.82) is 0 Å². The van der Waals surface area contributed by atoms with Crippen molar-refractivity contribution in [1.82, 2.24) is 14.7 Å². The van der Waals surface area contributed by atoms with Gasteiger partial charge in [0.1, 0.15) is 6.61 Å². The van der Waals surface area contributed by atoms with Gasteiger partial charge in [-0.2, -0.15) is 5.10 Å². The summed E-state index contributed by atoms with van der Waals surface area (Å²) < 4.78 is 7.68. The Morgan fingerprint density at radius 1 is 1.69 bits per heavy atom. The predicted molar refractivity (Wildman–Crippen MR) is 61.9 cm³/mol. The second kappa shape index (κ2) is 4.97. The molecule has 1 saturated heterocycles. The summed E-state index contributed by atoms with van der Waals surface area (Å²) in [7, 11) is 1.54. The Hall–Kier alpha value is -0.880. The van der Waals surface area contributed by atoms with Gasteiger partial charge in [0.15, 0.2) is 0 Å². The number of nitrogens with zero attached hydrogens (tertiary/aromatic N) is 3. The first-order valence-corrected chi connectivity index (χ1v) is 5.93. The Kier molecular flexibility index (Phi) is 3.60. The van der Waals surface area contributed by atoms with E-state index in [1.165, 1.54) is 7.11 Å². The molecule has 0 spiro atoms. The van der Waals surface area contributed by atoms with Gasteiger partial charge in [-0.3, -0.25) is 9.48 Å². The van der Waals surface area contributed by atoms with Crippen LogP contribution in [0.15, 0.2) is 16.9 Å². The molecule has 1 aromatic rings. The second-order valence-corrected chi connectivity index (χ2v) is 4.89. The van der Waals surface area contributed by atoms with Crippen LogP contribution in [0.4, 0.5) is 0 Å². The first-order valence-electron chi connectivity index (χ1n) is 5.13. The number of hydrogen-bond acceptors (Lipinski definition) is 3. The third-order valence-corrected chi connectivity index (χ3v) is 3.03. The molecule has 1 fully saturated rings. The lowest BCUT2D eigenvalue weighted by molar-refractivity contribution is -0.141. The highest BCUT2D eigenvalue weighted by atomic mass is 79.9. The third kappa shape index (κ3) is 2.62. The van der Waals surface area contributed by atoms with Crippen LogP contribution >= 0.6 is 15.9 Å². The van der Waals surface area contributed by atoms with Crippen LogP contribution in [0.25, 0.3) is 0 Å². The zero-order valence-electron chi connectivity index (χ0n) is 9.10. The van der Waals surface area contributed by atoms with E-state index < -0.39 is 0 Å². The number of ether oxygens (including phenoxy) is 1. The van der Waals surface area contributed by atoms with Crippen molar-refractivity contribution in [2.24, 2.45) is 5.92 Å². The zero-order chi connectivity index (χ0) is 11.5. The van der Waals surface area contributed by atoms with Gasteiger partial charge < -0.3 is 9.64 Å². The molecule has 5 nitrogen and oxygen atoms in total. The van der Waals surface area contributed by atoms with Crippen LogP contribution in [0, 0.1) is 5.92 Å². The number of aromatic nitrogens is 2. The van der Waals surface area contributed by atoms with E-state index in [1.807, 2.05) is 15.8 Å². The highest BCUT2D eigenvalue weighted by Gasteiger charge is 2.30. The minimum atomic E-state index is 0.0698. The minimum Gasteiger partial charge on any atom is -0.375 e. The van der Waals surface area contributed by atoms with Crippen molar-refractivity contribution >= 4 is 21.8 Å². The molecule has 0 aliphatic carbocycles. The number of carbonyl (C=O) groups is 1. The van der Waals surface area contributed by atoms with Crippen LogP contribution in [0.1, 0.15) is 0 Å². The fourth-order valence-electron chi connectivity index (χ4n) is 1.81. The topological polar surface area (TPSA) is 47.4 Å². The van der Waals surface area contributed by atoms with Crippen LogP contribution in [-0.2, 0) is 16.1 Å². The monoisotopic (exact) mass is 287 g/mol. The molecule has 2 rings (SSSR count). The lowest BCUT2D eigenvalue weighted by Gasteiger charge is -2.39. The lowest BCUT2D eigenvalue weighted by atomic mass is 10.0. The number of rotatable bonds is 4. The molecule has 1 aliphatic heterocycles. The quantitative estimate of drug-likeness (QED) is 0.821. The summed E-state index contributed by atoms with van der Waals surface area (Å²) in [5, 5.41) is 4.19. The molecule has 1 aliphatic rings. The van der Waals surface area contributed by atoms with E-state index in [2.05, 4.69) is 21.0 Å². The van der Waals surface area contributed by atoms with E-state index in [9.17, 15) is 4.79 Å². The van der Waals surface area contributed by atoms with Crippen LogP contribution in [0.2, 0.25) is 0 Å². The lowest BCUT2D eigenvalue weighted by Crippen LogP contribution is -2.52. The molecular weight excluding hydrogens is 274 g/mol. The maximum absolute atomic E-state index is 11.4. The predicted octanol–water partition coefficient (Wildman–Crippen LogP) is 0.750. The maximum Gasteiger partial charge on any atom is 0.248 e.